The van der Waals surface area contributed by atoms with Gasteiger partial charge in [-0.2, -0.15) is 0 Å². The van der Waals surface area contributed by atoms with E-state index >= 15 is 0 Å². The number of likely N-dealkylation sites (tertiary alicyclic amines) is 1. The van der Waals surface area contributed by atoms with Crippen molar-refractivity contribution in [2.75, 3.05) is 26.2 Å². The van der Waals surface area contributed by atoms with Crippen LogP contribution in [0.1, 0.15) is 31.2 Å². The van der Waals surface area contributed by atoms with Gasteiger partial charge in [0, 0.05) is 36.9 Å². The van der Waals surface area contributed by atoms with E-state index in [1.807, 2.05) is 24.3 Å². The van der Waals surface area contributed by atoms with Crippen LogP contribution in [0.4, 0.5) is 0 Å². The molecule has 5 nitrogen and oxygen atoms in total. The summed E-state index contributed by atoms with van der Waals surface area (Å²) in [5.41, 5.74) is 1.03. The second-order valence-electron chi connectivity index (χ2n) is 5.81. The van der Waals surface area contributed by atoms with Crippen molar-refractivity contribution in [3.8, 4) is 0 Å². The second-order valence-corrected chi connectivity index (χ2v) is 6.72. The first-order valence-electron chi connectivity index (χ1n) is 8.14. The molecule has 1 aliphatic rings. The number of carbonyl (C=O) groups is 2. The van der Waals surface area contributed by atoms with Gasteiger partial charge in [0.15, 0.2) is 0 Å². The number of rotatable bonds is 8. The Balaban J connectivity index is 0.00000288. The average molecular weight is 419 g/mol. The molecule has 1 aliphatic heterocycles. The van der Waals surface area contributed by atoms with E-state index in [0.29, 0.717) is 13.1 Å². The smallest absolute Gasteiger partial charge is 0.220 e. The first kappa shape index (κ1) is 20.9. The Labute approximate surface area is 158 Å². The van der Waals surface area contributed by atoms with E-state index in [9.17, 15) is 9.59 Å². The van der Waals surface area contributed by atoms with Crippen molar-refractivity contribution >= 4 is 40.2 Å². The molecule has 0 radical (unpaired) electrons. The van der Waals surface area contributed by atoms with Crippen LogP contribution in [0, 0.1) is 0 Å². The summed E-state index contributed by atoms with van der Waals surface area (Å²) in [6.07, 6.45) is 2.98. The lowest BCUT2D eigenvalue weighted by atomic mass is 10.2. The van der Waals surface area contributed by atoms with E-state index in [0.717, 1.165) is 29.7 Å². The maximum atomic E-state index is 11.8. The normalized spacial score (nSPS) is 14.0. The quantitative estimate of drug-likeness (QED) is 0.682. The molecule has 0 bridgehead atoms. The molecule has 24 heavy (non-hydrogen) atoms. The van der Waals surface area contributed by atoms with Crippen LogP contribution >= 0.6 is 28.3 Å². The summed E-state index contributed by atoms with van der Waals surface area (Å²) in [5, 5.41) is 5.71. The Hall–Kier alpha value is -1.11. The fourth-order valence-corrected chi connectivity index (χ4v) is 3.06. The highest BCUT2D eigenvalue weighted by atomic mass is 79.9. The molecular formula is C17H25BrClN3O2. The lowest BCUT2D eigenvalue weighted by Crippen LogP contribution is -2.34. The van der Waals surface area contributed by atoms with Gasteiger partial charge in [0.2, 0.25) is 11.8 Å². The molecule has 0 unspecified atom stereocenters. The zero-order valence-electron chi connectivity index (χ0n) is 13.7. The largest absolute Gasteiger partial charge is 0.355 e. The molecule has 0 aromatic heterocycles. The summed E-state index contributed by atoms with van der Waals surface area (Å²) in [4.78, 5) is 25.9. The minimum absolute atomic E-state index is 0. The van der Waals surface area contributed by atoms with Gasteiger partial charge in [0.25, 0.3) is 0 Å². The molecule has 1 saturated heterocycles. The molecule has 1 aromatic carbocycles. The van der Waals surface area contributed by atoms with E-state index in [-0.39, 0.29) is 37.1 Å². The zero-order valence-corrected chi connectivity index (χ0v) is 16.1. The van der Waals surface area contributed by atoms with Crippen molar-refractivity contribution in [1.82, 2.24) is 15.5 Å². The van der Waals surface area contributed by atoms with Crippen LogP contribution in [-0.4, -0.2) is 42.9 Å². The van der Waals surface area contributed by atoms with Crippen LogP contribution in [0.5, 0.6) is 0 Å². The monoisotopic (exact) mass is 417 g/mol. The Morgan fingerprint density at radius 1 is 1.08 bits per heavy atom. The van der Waals surface area contributed by atoms with E-state index < -0.39 is 0 Å². The number of amides is 2. The van der Waals surface area contributed by atoms with Crippen LogP contribution in [0.25, 0.3) is 0 Å². The highest BCUT2D eigenvalue weighted by Crippen LogP contribution is 2.11. The lowest BCUT2D eigenvalue weighted by Gasteiger charge is -2.14. The van der Waals surface area contributed by atoms with Crippen molar-refractivity contribution in [2.45, 2.75) is 32.2 Å². The average Bonchev–Trinajstić information content (AvgIpc) is 3.04. The van der Waals surface area contributed by atoms with Crippen molar-refractivity contribution in [3.63, 3.8) is 0 Å². The number of nitrogens with one attached hydrogen (secondary N) is 2. The molecule has 2 amide bonds. The summed E-state index contributed by atoms with van der Waals surface area (Å²) in [7, 11) is 0. The SMILES string of the molecule is Cl.O=C(CCC(=O)NCc1cccc(Br)c1)NCCN1CCCC1. The molecule has 1 fully saturated rings. The van der Waals surface area contributed by atoms with Crippen LogP contribution in [0.2, 0.25) is 0 Å². The predicted octanol–water partition coefficient (Wildman–Crippen LogP) is 2.48. The molecule has 0 atom stereocenters. The van der Waals surface area contributed by atoms with Crippen LogP contribution in [-0.2, 0) is 16.1 Å². The summed E-state index contributed by atoms with van der Waals surface area (Å²) in [6.45, 7) is 4.32. The van der Waals surface area contributed by atoms with Gasteiger partial charge in [-0.15, -0.1) is 12.4 Å². The summed E-state index contributed by atoms with van der Waals surface area (Å²) in [5.74, 6) is -0.151. The van der Waals surface area contributed by atoms with Crippen molar-refractivity contribution < 1.29 is 9.59 Å². The van der Waals surface area contributed by atoms with Gasteiger partial charge in [-0.05, 0) is 43.6 Å². The third kappa shape index (κ3) is 8.13. The van der Waals surface area contributed by atoms with E-state index in [4.69, 9.17) is 0 Å². The van der Waals surface area contributed by atoms with Crippen LogP contribution in [0.3, 0.4) is 0 Å². The Morgan fingerprint density at radius 2 is 1.75 bits per heavy atom. The molecule has 1 heterocycles. The number of benzene rings is 1. The molecular weight excluding hydrogens is 394 g/mol. The molecule has 7 heteroatoms. The first-order chi connectivity index (χ1) is 11.1. The highest BCUT2D eigenvalue weighted by Gasteiger charge is 2.11. The fraction of sp³-hybridized carbons (Fsp3) is 0.529. The molecule has 2 N–H and O–H groups in total. The maximum Gasteiger partial charge on any atom is 0.220 e. The standard InChI is InChI=1S/C17H24BrN3O2.ClH/c18-15-5-3-4-14(12-15)13-20-17(23)7-6-16(22)19-8-11-21-9-1-2-10-21;/h3-5,12H,1-2,6-11,13H2,(H,19,22)(H,20,23);1H. The summed E-state index contributed by atoms with van der Waals surface area (Å²) in [6, 6.07) is 7.79. The minimum atomic E-state index is -0.0975. The van der Waals surface area contributed by atoms with Gasteiger partial charge >= 0.3 is 0 Å². The Kier molecular flexibility index (Phi) is 9.98. The number of halogens is 2. The topological polar surface area (TPSA) is 61.4 Å². The van der Waals surface area contributed by atoms with Gasteiger partial charge in [0.1, 0.15) is 0 Å². The molecule has 0 aliphatic carbocycles. The van der Waals surface area contributed by atoms with Gasteiger partial charge in [-0.1, -0.05) is 28.1 Å². The highest BCUT2D eigenvalue weighted by molar-refractivity contribution is 9.10. The number of hydrogen-bond donors (Lipinski definition) is 2. The Morgan fingerprint density at radius 3 is 2.42 bits per heavy atom. The molecule has 0 saturated carbocycles. The van der Waals surface area contributed by atoms with Crippen molar-refractivity contribution in [2.24, 2.45) is 0 Å². The molecule has 1 aromatic rings. The third-order valence-corrected chi connectivity index (χ3v) is 4.40. The first-order valence-corrected chi connectivity index (χ1v) is 8.93. The van der Waals surface area contributed by atoms with Crippen molar-refractivity contribution in [1.29, 1.82) is 0 Å². The van der Waals surface area contributed by atoms with Crippen LogP contribution in [0.15, 0.2) is 28.7 Å². The van der Waals surface area contributed by atoms with Crippen molar-refractivity contribution in [3.05, 3.63) is 34.3 Å². The van der Waals surface area contributed by atoms with E-state index in [1.54, 1.807) is 0 Å². The Bertz CT molecular complexity index is 536. The van der Waals surface area contributed by atoms with E-state index in [1.165, 1.54) is 12.8 Å². The van der Waals surface area contributed by atoms with Gasteiger partial charge in [-0.25, -0.2) is 0 Å². The van der Waals surface area contributed by atoms with Gasteiger partial charge < -0.3 is 15.5 Å². The summed E-state index contributed by atoms with van der Waals surface area (Å²) < 4.78 is 0.988. The second kappa shape index (κ2) is 11.4. The zero-order chi connectivity index (χ0) is 16.5. The number of hydrogen-bond acceptors (Lipinski definition) is 3. The third-order valence-electron chi connectivity index (χ3n) is 3.91. The fourth-order valence-electron chi connectivity index (χ4n) is 2.61. The summed E-state index contributed by atoms with van der Waals surface area (Å²) >= 11 is 3.40. The molecule has 134 valence electrons. The number of nitrogens with zero attached hydrogens (tertiary/aromatic N) is 1. The predicted molar refractivity (Wildman–Crippen MR) is 101 cm³/mol. The lowest BCUT2D eigenvalue weighted by molar-refractivity contribution is -0.126. The number of carbonyl (C=O) groups excluding carboxylic acids is 2. The van der Waals surface area contributed by atoms with Crippen LogP contribution < -0.4 is 10.6 Å². The van der Waals surface area contributed by atoms with E-state index in [2.05, 4.69) is 31.5 Å². The molecule has 2 rings (SSSR count). The van der Waals surface area contributed by atoms with Gasteiger partial charge in [-0.3, -0.25) is 9.59 Å². The molecule has 0 spiro atoms. The maximum absolute atomic E-state index is 11.8. The van der Waals surface area contributed by atoms with Gasteiger partial charge in [0.05, 0.1) is 0 Å². The minimum Gasteiger partial charge on any atom is -0.355 e.